The Bertz CT molecular complexity index is 345. The Labute approximate surface area is 123 Å². The van der Waals surface area contributed by atoms with Gasteiger partial charge in [0.05, 0.1) is 5.92 Å². The molecule has 1 N–H and O–H groups in total. The Hall–Kier alpha value is -0.570. The molecule has 2 atom stereocenters. The van der Waals surface area contributed by atoms with Crippen LogP contribution in [0.3, 0.4) is 0 Å². The van der Waals surface area contributed by atoms with E-state index in [1.807, 2.05) is 0 Å². The molecule has 0 aromatic heterocycles. The first-order valence-electron chi connectivity index (χ1n) is 8.32. The topological polar surface area (TPSA) is 40.5 Å². The third kappa shape index (κ3) is 3.19. The molecule has 1 saturated carbocycles. The average molecular weight is 281 g/mol. The molecular formula is C17H31NO2. The molecule has 3 heteroatoms. The minimum atomic E-state index is -0.610. The average Bonchev–Trinajstić information content (AvgIpc) is 2.81. The number of hydrogen-bond donors (Lipinski definition) is 1. The van der Waals surface area contributed by atoms with Gasteiger partial charge in [-0.05, 0) is 42.9 Å². The SMILES string of the molecule is CCC(C)(C)C1CCC(N2CC(C)C(C(=O)O)C2)CC1. The van der Waals surface area contributed by atoms with Crippen molar-refractivity contribution in [3.05, 3.63) is 0 Å². The normalized spacial score (nSPS) is 36.2. The molecule has 0 aromatic carbocycles. The monoisotopic (exact) mass is 281 g/mol. The van der Waals surface area contributed by atoms with Crippen molar-refractivity contribution in [2.24, 2.45) is 23.2 Å². The van der Waals surface area contributed by atoms with Crippen LogP contribution in [0.1, 0.15) is 59.8 Å². The second kappa shape index (κ2) is 6.05. The summed E-state index contributed by atoms with van der Waals surface area (Å²) in [6, 6.07) is 0.630. The van der Waals surface area contributed by atoms with Crippen molar-refractivity contribution in [3.63, 3.8) is 0 Å². The fourth-order valence-electron chi connectivity index (χ4n) is 4.14. The maximum absolute atomic E-state index is 11.2. The zero-order valence-corrected chi connectivity index (χ0v) is 13.6. The van der Waals surface area contributed by atoms with E-state index in [1.54, 1.807) is 0 Å². The van der Waals surface area contributed by atoms with E-state index in [0.29, 0.717) is 17.4 Å². The van der Waals surface area contributed by atoms with E-state index >= 15 is 0 Å². The van der Waals surface area contributed by atoms with Crippen LogP contribution in [0.25, 0.3) is 0 Å². The first kappa shape index (κ1) is 15.8. The summed E-state index contributed by atoms with van der Waals surface area (Å²) in [6.45, 7) is 10.9. The summed E-state index contributed by atoms with van der Waals surface area (Å²) >= 11 is 0. The van der Waals surface area contributed by atoms with Gasteiger partial charge in [-0.3, -0.25) is 9.69 Å². The molecule has 3 nitrogen and oxygen atoms in total. The van der Waals surface area contributed by atoms with Gasteiger partial charge < -0.3 is 5.11 Å². The molecule has 0 amide bonds. The number of likely N-dealkylation sites (tertiary alicyclic amines) is 1. The first-order chi connectivity index (χ1) is 9.35. The van der Waals surface area contributed by atoms with Crippen molar-refractivity contribution in [2.45, 2.75) is 65.8 Å². The van der Waals surface area contributed by atoms with E-state index in [2.05, 4.69) is 32.6 Å². The van der Waals surface area contributed by atoms with Crippen LogP contribution in [0, 0.1) is 23.2 Å². The summed E-state index contributed by atoms with van der Waals surface area (Å²) in [6.07, 6.45) is 6.40. The lowest BCUT2D eigenvalue weighted by atomic mass is 9.68. The molecule has 2 fully saturated rings. The second-order valence-corrected chi connectivity index (χ2v) is 7.72. The van der Waals surface area contributed by atoms with Crippen molar-refractivity contribution >= 4 is 5.97 Å². The summed E-state index contributed by atoms with van der Waals surface area (Å²) in [7, 11) is 0. The highest BCUT2D eigenvalue weighted by molar-refractivity contribution is 5.71. The van der Waals surface area contributed by atoms with Crippen LogP contribution >= 0.6 is 0 Å². The molecule has 20 heavy (non-hydrogen) atoms. The van der Waals surface area contributed by atoms with Gasteiger partial charge in [0.15, 0.2) is 0 Å². The highest BCUT2D eigenvalue weighted by Crippen LogP contribution is 2.42. The van der Waals surface area contributed by atoms with Gasteiger partial charge in [-0.25, -0.2) is 0 Å². The van der Waals surface area contributed by atoms with Gasteiger partial charge in [0.25, 0.3) is 0 Å². The van der Waals surface area contributed by atoms with E-state index in [9.17, 15) is 9.90 Å². The van der Waals surface area contributed by atoms with Crippen LogP contribution in [0.4, 0.5) is 0 Å². The molecule has 0 bridgehead atoms. The maximum Gasteiger partial charge on any atom is 0.308 e. The van der Waals surface area contributed by atoms with Gasteiger partial charge in [0.2, 0.25) is 0 Å². The number of carbonyl (C=O) groups is 1. The highest BCUT2D eigenvalue weighted by atomic mass is 16.4. The molecule has 1 saturated heterocycles. The van der Waals surface area contributed by atoms with E-state index in [4.69, 9.17) is 0 Å². The van der Waals surface area contributed by atoms with Gasteiger partial charge >= 0.3 is 5.97 Å². The summed E-state index contributed by atoms with van der Waals surface area (Å²) in [5, 5.41) is 9.25. The zero-order valence-electron chi connectivity index (χ0n) is 13.6. The van der Waals surface area contributed by atoms with E-state index in [-0.39, 0.29) is 5.92 Å². The fraction of sp³-hybridized carbons (Fsp3) is 0.941. The van der Waals surface area contributed by atoms with Crippen LogP contribution in [0.15, 0.2) is 0 Å². The molecule has 0 radical (unpaired) electrons. The lowest BCUT2D eigenvalue weighted by molar-refractivity contribution is -0.142. The zero-order chi connectivity index (χ0) is 14.9. The Morgan fingerprint density at radius 1 is 1.20 bits per heavy atom. The highest BCUT2D eigenvalue weighted by Gasteiger charge is 2.40. The van der Waals surface area contributed by atoms with E-state index in [0.717, 1.165) is 19.0 Å². The molecule has 1 aliphatic carbocycles. The number of carboxylic acid groups (broad SMARTS) is 1. The summed E-state index contributed by atoms with van der Waals surface area (Å²) < 4.78 is 0. The molecule has 2 rings (SSSR count). The number of nitrogens with zero attached hydrogens (tertiary/aromatic N) is 1. The van der Waals surface area contributed by atoms with Crippen LogP contribution < -0.4 is 0 Å². The van der Waals surface area contributed by atoms with Crippen LogP contribution in [0.5, 0.6) is 0 Å². The number of aliphatic carboxylic acids is 1. The summed E-state index contributed by atoms with van der Waals surface area (Å²) in [4.78, 5) is 13.7. The summed E-state index contributed by atoms with van der Waals surface area (Å²) in [5.41, 5.74) is 0.465. The molecule has 1 aliphatic heterocycles. The molecule has 2 unspecified atom stereocenters. The van der Waals surface area contributed by atoms with Crippen LogP contribution in [-0.4, -0.2) is 35.1 Å². The Kier molecular flexibility index (Phi) is 4.78. The molecule has 0 spiro atoms. The van der Waals surface area contributed by atoms with Gasteiger partial charge in [-0.2, -0.15) is 0 Å². The minimum Gasteiger partial charge on any atom is -0.481 e. The third-order valence-corrected chi connectivity index (χ3v) is 6.19. The van der Waals surface area contributed by atoms with E-state index in [1.165, 1.54) is 32.1 Å². The van der Waals surface area contributed by atoms with Crippen molar-refractivity contribution in [2.75, 3.05) is 13.1 Å². The van der Waals surface area contributed by atoms with E-state index < -0.39 is 5.97 Å². The van der Waals surface area contributed by atoms with Crippen molar-refractivity contribution in [1.82, 2.24) is 4.90 Å². The first-order valence-corrected chi connectivity index (χ1v) is 8.32. The lowest BCUT2D eigenvalue weighted by Gasteiger charge is -2.41. The Morgan fingerprint density at radius 2 is 1.80 bits per heavy atom. The minimum absolute atomic E-state index is 0.153. The predicted octanol–water partition coefficient (Wildman–Crippen LogP) is 3.63. The predicted molar refractivity (Wildman–Crippen MR) is 81.7 cm³/mol. The van der Waals surface area contributed by atoms with Gasteiger partial charge in [0, 0.05) is 19.1 Å². The lowest BCUT2D eigenvalue weighted by Crippen LogP contribution is -2.39. The number of hydrogen-bond acceptors (Lipinski definition) is 2. The standard InChI is InChI=1S/C17H31NO2/c1-5-17(3,4)13-6-8-14(9-7-13)18-10-12(2)15(11-18)16(19)20/h12-15H,5-11H2,1-4H3,(H,19,20). The largest absolute Gasteiger partial charge is 0.481 e. The number of carboxylic acids is 1. The Balaban J connectivity index is 1.88. The molecular weight excluding hydrogens is 250 g/mol. The quantitative estimate of drug-likeness (QED) is 0.855. The van der Waals surface area contributed by atoms with Gasteiger partial charge in [-0.1, -0.05) is 34.1 Å². The second-order valence-electron chi connectivity index (χ2n) is 7.72. The number of rotatable bonds is 4. The van der Waals surface area contributed by atoms with Crippen molar-refractivity contribution < 1.29 is 9.90 Å². The van der Waals surface area contributed by atoms with Crippen LogP contribution in [0.2, 0.25) is 0 Å². The van der Waals surface area contributed by atoms with Gasteiger partial charge in [-0.15, -0.1) is 0 Å². The maximum atomic E-state index is 11.2. The van der Waals surface area contributed by atoms with Crippen molar-refractivity contribution in [3.8, 4) is 0 Å². The smallest absolute Gasteiger partial charge is 0.308 e. The molecule has 2 aliphatic rings. The third-order valence-electron chi connectivity index (χ3n) is 6.19. The molecule has 116 valence electrons. The molecule has 1 heterocycles. The van der Waals surface area contributed by atoms with Crippen molar-refractivity contribution in [1.29, 1.82) is 0 Å². The fourth-order valence-corrected chi connectivity index (χ4v) is 4.14. The van der Waals surface area contributed by atoms with Crippen LogP contribution in [-0.2, 0) is 4.79 Å². The summed E-state index contributed by atoms with van der Waals surface area (Å²) in [5.74, 6) is 0.386. The Morgan fingerprint density at radius 3 is 2.25 bits per heavy atom. The molecule has 0 aromatic rings. The van der Waals surface area contributed by atoms with Gasteiger partial charge in [0.1, 0.15) is 0 Å².